The minimum Gasteiger partial charge on any atom is -0.308 e. The summed E-state index contributed by atoms with van der Waals surface area (Å²) in [6, 6.07) is 9.82. The monoisotopic (exact) mass is 314 g/mol. The summed E-state index contributed by atoms with van der Waals surface area (Å²) in [7, 11) is 0. The van der Waals surface area contributed by atoms with Crippen LogP contribution in [-0.4, -0.2) is 17.4 Å². The minimum atomic E-state index is -0.0117. The van der Waals surface area contributed by atoms with E-state index in [-0.39, 0.29) is 5.91 Å². The summed E-state index contributed by atoms with van der Waals surface area (Å²) in [6.45, 7) is 5.12. The molecule has 1 aliphatic rings. The van der Waals surface area contributed by atoms with E-state index in [1.54, 1.807) is 18.3 Å². The van der Waals surface area contributed by atoms with Crippen molar-refractivity contribution in [2.75, 3.05) is 11.4 Å². The van der Waals surface area contributed by atoms with Crippen LogP contribution in [0.1, 0.15) is 47.7 Å². The largest absolute Gasteiger partial charge is 0.308 e. The maximum Gasteiger partial charge on any atom is 0.259 e. The maximum atomic E-state index is 12.7. The van der Waals surface area contributed by atoms with Crippen molar-refractivity contribution in [3.63, 3.8) is 0 Å². The Morgan fingerprint density at radius 2 is 2.09 bits per heavy atom. The van der Waals surface area contributed by atoms with Crippen molar-refractivity contribution < 1.29 is 4.79 Å². The van der Waals surface area contributed by atoms with Gasteiger partial charge in [-0.2, -0.15) is 0 Å². The number of aromatic nitrogens is 1. The fourth-order valence-corrected chi connectivity index (χ4v) is 2.96. The molecule has 0 saturated carbocycles. The van der Waals surface area contributed by atoms with Crippen molar-refractivity contribution in [1.82, 2.24) is 4.98 Å². The van der Waals surface area contributed by atoms with Gasteiger partial charge in [0.2, 0.25) is 0 Å². The number of hydrogen-bond acceptors (Lipinski definition) is 2. The molecule has 2 heterocycles. The first-order valence-electron chi connectivity index (χ1n) is 7.62. The molecule has 0 spiro atoms. The lowest BCUT2D eigenvalue weighted by molar-refractivity contribution is 0.0985. The summed E-state index contributed by atoms with van der Waals surface area (Å²) in [4.78, 5) is 18.6. The number of carbonyl (C=O) groups is 1. The van der Waals surface area contributed by atoms with E-state index in [0.717, 1.165) is 25.1 Å². The predicted molar refractivity (Wildman–Crippen MR) is 89.8 cm³/mol. The first kappa shape index (κ1) is 15.0. The Kier molecular flexibility index (Phi) is 4.16. The van der Waals surface area contributed by atoms with Gasteiger partial charge in [-0.1, -0.05) is 37.6 Å². The minimum absolute atomic E-state index is 0.0117. The molecule has 1 amide bonds. The number of amides is 1. The quantitative estimate of drug-likeness (QED) is 0.767. The standard InChI is InChI=1S/C18H19ClN2O/c1-12(2)13-5-7-16-14(10-13)4-3-9-21(16)18(22)15-6-8-17(19)20-11-15/h5-8,10-12H,3-4,9H2,1-2H3. The van der Waals surface area contributed by atoms with E-state index >= 15 is 0 Å². The molecule has 0 aliphatic carbocycles. The van der Waals surface area contributed by atoms with Crippen LogP contribution in [-0.2, 0) is 6.42 Å². The van der Waals surface area contributed by atoms with Crippen molar-refractivity contribution in [1.29, 1.82) is 0 Å². The smallest absolute Gasteiger partial charge is 0.259 e. The molecular formula is C18H19ClN2O. The summed E-state index contributed by atoms with van der Waals surface area (Å²) in [6.07, 6.45) is 3.56. The normalized spacial score (nSPS) is 14.1. The van der Waals surface area contributed by atoms with E-state index < -0.39 is 0 Å². The molecular weight excluding hydrogens is 296 g/mol. The molecule has 3 nitrogen and oxygen atoms in total. The molecule has 0 atom stereocenters. The zero-order valence-electron chi connectivity index (χ0n) is 12.8. The van der Waals surface area contributed by atoms with Gasteiger partial charge in [0.25, 0.3) is 5.91 Å². The highest BCUT2D eigenvalue weighted by molar-refractivity contribution is 6.29. The van der Waals surface area contributed by atoms with E-state index in [9.17, 15) is 4.79 Å². The van der Waals surface area contributed by atoms with Gasteiger partial charge < -0.3 is 4.90 Å². The van der Waals surface area contributed by atoms with Crippen LogP contribution in [0.5, 0.6) is 0 Å². The van der Waals surface area contributed by atoms with Crippen LogP contribution in [0.15, 0.2) is 36.5 Å². The highest BCUT2D eigenvalue weighted by Crippen LogP contribution is 2.31. The Morgan fingerprint density at radius 1 is 1.27 bits per heavy atom. The number of hydrogen-bond donors (Lipinski definition) is 0. The van der Waals surface area contributed by atoms with Gasteiger partial charge in [0, 0.05) is 18.4 Å². The van der Waals surface area contributed by atoms with E-state index in [4.69, 9.17) is 11.6 Å². The molecule has 114 valence electrons. The Bertz CT molecular complexity index is 695. The highest BCUT2D eigenvalue weighted by Gasteiger charge is 2.24. The zero-order valence-corrected chi connectivity index (χ0v) is 13.6. The van der Waals surface area contributed by atoms with Crippen molar-refractivity contribution >= 4 is 23.2 Å². The first-order valence-corrected chi connectivity index (χ1v) is 8.00. The van der Waals surface area contributed by atoms with Crippen molar-refractivity contribution in [2.24, 2.45) is 0 Å². The second-order valence-electron chi connectivity index (χ2n) is 5.97. The van der Waals surface area contributed by atoms with Crippen LogP contribution in [0.3, 0.4) is 0 Å². The van der Waals surface area contributed by atoms with Gasteiger partial charge in [-0.05, 0) is 48.1 Å². The lowest BCUT2D eigenvalue weighted by atomic mass is 9.94. The molecule has 0 N–H and O–H groups in total. The third-order valence-electron chi connectivity index (χ3n) is 4.11. The molecule has 0 bridgehead atoms. The molecule has 0 fully saturated rings. The summed E-state index contributed by atoms with van der Waals surface area (Å²) in [5.74, 6) is 0.485. The lowest BCUT2D eigenvalue weighted by Crippen LogP contribution is -2.35. The lowest BCUT2D eigenvalue weighted by Gasteiger charge is -2.30. The van der Waals surface area contributed by atoms with E-state index in [0.29, 0.717) is 16.6 Å². The third kappa shape index (κ3) is 2.86. The molecule has 0 radical (unpaired) electrons. The number of halogens is 1. The Labute approximate surface area is 135 Å². The summed E-state index contributed by atoms with van der Waals surface area (Å²) >= 11 is 5.79. The molecule has 3 rings (SSSR count). The number of fused-ring (bicyclic) bond motifs is 1. The molecule has 22 heavy (non-hydrogen) atoms. The second-order valence-corrected chi connectivity index (χ2v) is 6.36. The molecule has 2 aromatic rings. The number of rotatable bonds is 2. The van der Waals surface area contributed by atoms with Gasteiger partial charge in [-0.15, -0.1) is 0 Å². The van der Waals surface area contributed by atoms with Gasteiger partial charge in [-0.3, -0.25) is 4.79 Å². The second kappa shape index (κ2) is 6.09. The SMILES string of the molecule is CC(C)c1ccc2c(c1)CCCN2C(=O)c1ccc(Cl)nc1. The topological polar surface area (TPSA) is 33.2 Å². The van der Waals surface area contributed by atoms with E-state index in [2.05, 4.69) is 37.0 Å². The number of benzene rings is 1. The number of aryl methyl sites for hydroxylation is 1. The van der Waals surface area contributed by atoms with Gasteiger partial charge >= 0.3 is 0 Å². The van der Waals surface area contributed by atoms with Crippen LogP contribution in [0.25, 0.3) is 0 Å². The Morgan fingerprint density at radius 3 is 2.77 bits per heavy atom. The molecule has 1 aliphatic heterocycles. The highest BCUT2D eigenvalue weighted by atomic mass is 35.5. The first-order chi connectivity index (χ1) is 10.6. The van der Waals surface area contributed by atoms with Crippen LogP contribution >= 0.6 is 11.6 Å². The van der Waals surface area contributed by atoms with Gasteiger partial charge in [0.05, 0.1) is 5.56 Å². The molecule has 0 saturated heterocycles. The average Bonchev–Trinajstić information content (AvgIpc) is 2.53. The van der Waals surface area contributed by atoms with Crippen LogP contribution in [0.2, 0.25) is 5.15 Å². The van der Waals surface area contributed by atoms with E-state index in [1.165, 1.54) is 11.1 Å². The van der Waals surface area contributed by atoms with Gasteiger partial charge in [0.15, 0.2) is 0 Å². The van der Waals surface area contributed by atoms with Crippen LogP contribution in [0, 0.1) is 0 Å². The summed E-state index contributed by atoms with van der Waals surface area (Å²) in [5, 5.41) is 0.400. The van der Waals surface area contributed by atoms with E-state index in [1.807, 2.05) is 4.90 Å². The molecule has 1 aromatic heterocycles. The summed E-state index contributed by atoms with van der Waals surface area (Å²) < 4.78 is 0. The molecule has 0 unspecified atom stereocenters. The maximum absolute atomic E-state index is 12.7. The predicted octanol–water partition coefficient (Wildman–Crippen LogP) is 4.45. The Balaban J connectivity index is 1.94. The number of pyridine rings is 1. The zero-order chi connectivity index (χ0) is 15.7. The molecule has 1 aromatic carbocycles. The van der Waals surface area contributed by atoms with Crippen LogP contribution < -0.4 is 4.90 Å². The number of anilines is 1. The van der Waals surface area contributed by atoms with Crippen molar-refractivity contribution in [2.45, 2.75) is 32.6 Å². The number of nitrogens with zero attached hydrogens (tertiary/aromatic N) is 2. The van der Waals surface area contributed by atoms with Crippen molar-refractivity contribution in [3.05, 3.63) is 58.4 Å². The Hall–Kier alpha value is -1.87. The van der Waals surface area contributed by atoms with Crippen molar-refractivity contribution in [3.8, 4) is 0 Å². The fraction of sp³-hybridized carbons (Fsp3) is 0.333. The summed E-state index contributed by atoms with van der Waals surface area (Å²) in [5.41, 5.74) is 4.18. The third-order valence-corrected chi connectivity index (χ3v) is 4.33. The molecule has 4 heteroatoms. The van der Waals surface area contributed by atoms with Gasteiger partial charge in [-0.25, -0.2) is 4.98 Å². The fourth-order valence-electron chi connectivity index (χ4n) is 2.85. The number of carbonyl (C=O) groups excluding carboxylic acids is 1. The van der Waals surface area contributed by atoms with Crippen LogP contribution in [0.4, 0.5) is 5.69 Å². The average molecular weight is 315 g/mol. The van der Waals surface area contributed by atoms with Gasteiger partial charge in [0.1, 0.15) is 5.15 Å².